The molecule has 4 aromatic heterocycles. The average Bonchev–Trinajstić information content (AvgIpc) is 4.23. The van der Waals surface area contributed by atoms with Crippen molar-refractivity contribution in [2.24, 2.45) is 11.8 Å². The summed E-state index contributed by atoms with van der Waals surface area (Å²) in [6.07, 6.45) is 11.3. The molecule has 2 aliphatic heterocycles. The zero-order chi connectivity index (χ0) is 52.0. The number of hydrogen-bond acceptors (Lipinski definition) is 13. The van der Waals surface area contributed by atoms with E-state index in [9.17, 15) is 38.7 Å². The van der Waals surface area contributed by atoms with Crippen molar-refractivity contribution >= 4 is 110 Å². The molecule has 2 aliphatic carbocycles. The fourth-order valence-corrected chi connectivity index (χ4v) is 10.7. The van der Waals surface area contributed by atoms with E-state index in [-0.39, 0.29) is 105 Å². The molecule has 0 unspecified atom stereocenters. The third kappa shape index (κ3) is 11.2. The summed E-state index contributed by atoms with van der Waals surface area (Å²) in [7, 11) is 1.25. The number of halogens is 2. The van der Waals surface area contributed by atoms with Crippen LogP contribution in [-0.2, 0) is 30.5 Å². The van der Waals surface area contributed by atoms with Gasteiger partial charge in [-0.1, -0.05) is 41.4 Å². The Bertz CT molecular complexity index is 3110. The van der Waals surface area contributed by atoms with E-state index >= 15 is 0 Å². The van der Waals surface area contributed by atoms with Gasteiger partial charge in [-0.25, -0.2) is 14.8 Å². The van der Waals surface area contributed by atoms with Crippen molar-refractivity contribution in [2.75, 3.05) is 41.5 Å². The van der Waals surface area contributed by atoms with Crippen molar-refractivity contribution in [1.29, 1.82) is 0 Å². The summed E-state index contributed by atoms with van der Waals surface area (Å²) in [6.45, 7) is 1.29. The minimum absolute atomic E-state index is 0.0765. The molecule has 6 aromatic rings. The van der Waals surface area contributed by atoms with Gasteiger partial charge in [-0.15, -0.1) is 0 Å². The molecular weight excluding hydrogens is 996 g/mol. The topological polar surface area (TPSA) is 256 Å². The van der Waals surface area contributed by atoms with Crippen LogP contribution in [0.5, 0.6) is 0 Å². The lowest BCUT2D eigenvalue weighted by molar-refractivity contribution is -0.131. The number of rotatable bonds is 12. The first-order valence-electron chi connectivity index (χ1n) is 24.7. The van der Waals surface area contributed by atoms with Crippen LogP contribution in [0.15, 0.2) is 81.9 Å². The number of amides is 6. The summed E-state index contributed by atoms with van der Waals surface area (Å²) in [6, 6.07) is 16.5. The highest BCUT2D eigenvalue weighted by Crippen LogP contribution is 2.39. The number of fused-ring (bicyclic) bond motifs is 2. The Labute approximate surface area is 434 Å². The van der Waals surface area contributed by atoms with E-state index in [2.05, 4.69) is 31.2 Å². The van der Waals surface area contributed by atoms with Gasteiger partial charge in [0.1, 0.15) is 34.2 Å². The number of anilines is 4. The maximum Gasteiger partial charge on any atom is 0.338 e. The quantitative estimate of drug-likeness (QED) is 0.0718. The Balaban J connectivity index is 0.000000182. The fraction of sp³-hybridized carbons (Fsp3) is 0.377. The molecule has 386 valence electrons. The van der Waals surface area contributed by atoms with E-state index in [1.807, 2.05) is 9.80 Å². The number of nitrogens with zero attached hydrogens (tertiary/aromatic N) is 4. The molecule has 21 heteroatoms. The number of aliphatic hydroxyl groups is 1. The summed E-state index contributed by atoms with van der Waals surface area (Å²) < 4.78 is 16.6. The number of aromatic nitrogens is 2. The van der Waals surface area contributed by atoms with Crippen LogP contribution in [0.1, 0.15) is 114 Å². The van der Waals surface area contributed by atoms with Gasteiger partial charge in [0.05, 0.1) is 40.1 Å². The van der Waals surface area contributed by atoms with Gasteiger partial charge in [-0.2, -0.15) is 0 Å². The van der Waals surface area contributed by atoms with Gasteiger partial charge in [0, 0.05) is 62.2 Å². The number of aliphatic hydroxyl groups excluding tert-OH is 1. The summed E-state index contributed by atoms with van der Waals surface area (Å²) >= 11 is 11.8. The Hall–Kier alpha value is -7.35. The molecular formula is C53H54Cl2N8O11. The molecule has 6 heterocycles. The maximum atomic E-state index is 13.4. The SMILES string of the molecule is COC(=O)c1cccc2oc(C(=O)Nc3ccc(Cl)cn3)c(NC(=O)C3CCC(N4CCCC4=O)CC3)c12.O=C(Nc1ccc(Cl)cn1)c1oc2cccc(CO)c2c1NC(=O)C1CCC(N2CCCC2=O)CC1. The van der Waals surface area contributed by atoms with E-state index in [0.29, 0.717) is 65.1 Å². The highest BCUT2D eigenvalue weighted by molar-refractivity contribution is 6.31. The standard InChI is InChI=1S/C27H27ClN4O6.C26H27ClN4O5/c1-37-27(36)18-4-2-5-19-22(18)23(24(38-19)26(35)30-20-12-9-16(28)14-29-20)31-25(34)15-7-10-17(11-8-15)32-13-3-6-21(32)33;27-17-8-11-20(28-13-17)29-26(35)24-23(22-16(14-32)3-1-4-19(22)36-24)30-25(34)15-6-9-18(10-7-15)31-12-2-5-21(31)33/h2,4-5,9,12,14-15,17H,3,6-8,10-11,13H2,1H3,(H,31,34)(H,29,30,35);1,3-4,8,11,13,15,18,32H,2,5-7,9-10,12,14H2,(H,30,34)(H,28,29,35). The number of esters is 1. The average molecular weight is 1050 g/mol. The highest BCUT2D eigenvalue weighted by atomic mass is 35.5. The summed E-state index contributed by atoms with van der Waals surface area (Å²) in [5, 5.41) is 22.6. The monoisotopic (exact) mass is 1050 g/mol. The van der Waals surface area contributed by atoms with Crippen LogP contribution in [0.3, 0.4) is 0 Å². The van der Waals surface area contributed by atoms with Gasteiger partial charge >= 0.3 is 5.97 Å². The number of furan rings is 2. The molecule has 2 saturated heterocycles. The van der Waals surface area contributed by atoms with Crippen LogP contribution < -0.4 is 21.3 Å². The van der Waals surface area contributed by atoms with E-state index in [1.54, 1.807) is 54.6 Å². The molecule has 10 rings (SSSR count). The Morgan fingerprint density at radius 2 is 1.09 bits per heavy atom. The van der Waals surface area contributed by atoms with Gasteiger partial charge in [0.25, 0.3) is 11.8 Å². The molecule has 4 fully saturated rings. The first-order chi connectivity index (χ1) is 35.8. The first kappa shape index (κ1) is 51.5. The number of pyridine rings is 2. The molecule has 0 atom stereocenters. The van der Waals surface area contributed by atoms with Gasteiger partial charge in [-0.05, 0) is 112 Å². The van der Waals surface area contributed by atoms with Gasteiger partial charge in [0.2, 0.25) is 35.1 Å². The lowest BCUT2D eigenvalue weighted by Crippen LogP contribution is -2.40. The van der Waals surface area contributed by atoms with Gasteiger partial charge in [-0.3, -0.25) is 28.8 Å². The maximum absolute atomic E-state index is 13.4. The van der Waals surface area contributed by atoms with Crippen LogP contribution in [0.2, 0.25) is 10.0 Å². The molecule has 4 aliphatic rings. The molecule has 0 radical (unpaired) electrons. The van der Waals surface area contributed by atoms with Crippen LogP contribution >= 0.6 is 23.2 Å². The van der Waals surface area contributed by atoms with Crippen LogP contribution in [0.4, 0.5) is 23.0 Å². The number of carbonyl (C=O) groups excluding carboxylic acids is 7. The second-order valence-corrected chi connectivity index (χ2v) is 19.6. The Kier molecular flexibility index (Phi) is 15.9. The number of benzene rings is 2. The van der Waals surface area contributed by atoms with Crippen molar-refractivity contribution in [2.45, 2.75) is 95.7 Å². The first-order valence-corrected chi connectivity index (χ1v) is 25.4. The van der Waals surface area contributed by atoms with E-state index in [0.717, 1.165) is 51.6 Å². The number of methoxy groups -OCH3 is 1. The molecule has 0 bridgehead atoms. The van der Waals surface area contributed by atoms with E-state index in [1.165, 1.54) is 25.6 Å². The molecule has 2 saturated carbocycles. The van der Waals surface area contributed by atoms with Crippen LogP contribution in [-0.4, -0.2) is 98.6 Å². The normalized spacial score (nSPS) is 19.7. The lowest BCUT2D eigenvalue weighted by atomic mass is 9.84. The minimum atomic E-state index is -0.654. The van der Waals surface area contributed by atoms with Crippen molar-refractivity contribution in [1.82, 2.24) is 19.8 Å². The molecule has 2 aromatic carbocycles. The van der Waals surface area contributed by atoms with Crippen LogP contribution in [0, 0.1) is 11.8 Å². The van der Waals surface area contributed by atoms with Crippen LogP contribution in [0.25, 0.3) is 21.9 Å². The second kappa shape index (κ2) is 22.8. The smallest absolute Gasteiger partial charge is 0.338 e. The molecule has 5 N–H and O–H groups in total. The number of nitrogens with one attached hydrogen (secondary N) is 4. The lowest BCUT2D eigenvalue weighted by Gasteiger charge is -2.34. The Morgan fingerprint density at radius 3 is 1.51 bits per heavy atom. The van der Waals surface area contributed by atoms with Crippen molar-refractivity contribution in [3.8, 4) is 0 Å². The zero-order valence-electron chi connectivity index (χ0n) is 40.4. The van der Waals surface area contributed by atoms with E-state index < -0.39 is 17.8 Å². The largest absolute Gasteiger partial charge is 0.465 e. The van der Waals surface area contributed by atoms with Crippen molar-refractivity contribution < 1.29 is 52.2 Å². The number of carbonyl (C=O) groups is 7. The second-order valence-electron chi connectivity index (χ2n) is 18.7. The molecule has 0 spiro atoms. The van der Waals surface area contributed by atoms with Gasteiger partial charge < -0.3 is 49.7 Å². The zero-order valence-corrected chi connectivity index (χ0v) is 41.9. The number of likely N-dealkylation sites (tertiary alicyclic amines) is 2. The Morgan fingerprint density at radius 1 is 0.635 bits per heavy atom. The summed E-state index contributed by atoms with van der Waals surface area (Å²) in [5.74, 6) is -2.27. The minimum Gasteiger partial charge on any atom is -0.465 e. The van der Waals surface area contributed by atoms with Crippen molar-refractivity contribution in [3.63, 3.8) is 0 Å². The molecule has 74 heavy (non-hydrogen) atoms. The number of ether oxygens (including phenoxy) is 1. The fourth-order valence-electron chi connectivity index (χ4n) is 10.4. The number of hydrogen-bond donors (Lipinski definition) is 5. The highest BCUT2D eigenvalue weighted by Gasteiger charge is 2.37. The molecule has 19 nitrogen and oxygen atoms in total. The summed E-state index contributed by atoms with van der Waals surface area (Å²) in [4.78, 5) is 102. The third-order valence-electron chi connectivity index (χ3n) is 14.2. The summed E-state index contributed by atoms with van der Waals surface area (Å²) in [5.41, 5.74) is 1.63. The predicted molar refractivity (Wildman–Crippen MR) is 275 cm³/mol. The van der Waals surface area contributed by atoms with E-state index in [4.69, 9.17) is 36.8 Å². The predicted octanol–water partition coefficient (Wildman–Crippen LogP) is 8.99. The third-order valence-corrected chi connectivity index (χ3v) is 14.6. The van der Waals surface area contributed by atoms with Crippen molar-refractivity contribution in [3.05, 3.63) is 106 Å². The molecule has 6 amide bonds. The van der Waals surface area contributed by atoms with Gasteiger partial charge in [0.15, 0.2) is 0 Å².